The van der Waals surface area contributed by atoms with Gasteiger partial charge in [-0.15, -0.1) is 0 Å². The molecule has 2 aromatic heterocycles. The summed E-state index contributed by atoms with van der Waals surface area (Å²) in [4.78, 5) is 45.3. The first-order valence-corrected chi connectivity index (χ1v) is 11.4. The van der Waals surface area contributed by atoms with E-state index in [1.165, 1.54) is 24.3 Å². The molecule has 0 aliphatic carbocycles. The van der Waals surface area contributed by atoms with Crippen molar-refractivity contribution in [1.29, 1.82) is 0 Å². The molecule has 1 aliphatic heterocycles. The van der Waals surface area contributed by atoms with Crippen molar-refractivity contribution in [3.05, 3.63) is 123 Å². The molecule has 0 fully saturated rings. The van der Waals surface area contributed by atoms with Crippen molar-refractivity contribution in [1.82, 2.24) is 15.3 Å². The van der Waals surface area contributed by atoms with Gasteiger partial charge in [-0.25, -0.2) is 9.59 Å². The Labute approximate surface area is 212 Å². The lowest BCUT2D eigenvalue weighted by Crippen LogP contribution is -2.32. The second kappa shape index (κ2) is 11.3. The lowest BCUT2D eigenvalue weighted by molar-refractivity contribution is -0.384. The predicted molar refractivity (Wildman–Crippen MR) is 132 cm³/mol. The third-order valence-corrected chi connectivity index (χ3v) is 5.88. The van der Waals surface area contributed by atoms with E-state index in [1.54, 1.807) is 62.9 Å². The highest BCUT2D eigenvalue weighted by molar-refractivity contribution is 5.99. The first kappa shape index (κ1) is 25.2. The molecule has 10 nitrogen and oxygen atoms in total. The molecule has 0 unspecified atom stereocenters. The minimum absolute atomic E-state index is 0.00956. The van der Waals surface area contributed by atoms with Crippen molar-refractivity contribution < 1.29 is 24.0 Å². The van der Waals surface area contributed by atoms with Crippen LogP contribution in [0.5, 0.6) is 0 Å². The molecule has 3 heterocycles. The number of allylic oxidation sites excluding steroid dienone is 2. The molecule has 37 heavy (non-hydrogen) atoms. The molecule has 1 aliphatic rings. The molecule has 10 heteroatoms. The van der Waals surface area contributed by atoms with Crippen LogP contribution >= 0.6 is 0 Å². The molecule has 0 radical (unpaired) electrons. The monoisotopic (exact) mass is 500 g/mol. The number of hydrogen-bond acceptors (Lipinski definition) is 9. The van der Waals surface area contributed by atoms with Gasteiger partial charge in [0.25, 0.3) is 5.69 Å². The Morgan fingerprint density at radius 3 is 1.65 bits per heavy atom. The lowest BCUT2D eigenvalue weighted by Gasteiger charge is -2.30. The van der Waals surface area contributed by atoms with Crippen molar-refractivity contribution in [3.63, 3.8) is 0 Å². The highest BCUT2D eigenvalue weighted by Crippen LogP contribution is 2.40. The largest absolute Gasteiger partial charge is 0.457 e. The molecule has 0 saturated carbocycles. The molecule has 188 valence electrons. The minimum atomic E-state index is -0.864. The number of carbonyl (C=O) groups is 2. The number of nitrogens with zero attached hydrogens (tertiary/aromatic N) is 3. The number of hydrogen-bond donors (Lipinski definition) is 1. The molecule has 4 rings (SSSR count). The number of benzene rings is 1. The van der Waals surface area contributed by atoms with Crippen LogP contribution in [0.2, 0.25) is 0 Å². The normalized spacial score (nSPS) is 13.7. The summed E-state index contributed by atoms with van der Waals surface area (Å²) < 4.78 is 11.2. The van der Waals surface area contributed by atoms with Crippen LogP contribution in [0.3, 0.4) is 0 Å². The van der Waals surface area contributed by atoms with E-state index in [-0.39, 0.29) is 30.0 Å². The van der Waals surface area contributed by atoms with Gasteiger partial charge < -0.3 is 14.8 Å². The molecule has 3 aromatic rings. The number of aromatic nitrogens is 2. The van der Waals surface area contributed by atoms with Crippen LogP contribution in [0.15, 0.2) is 95.9 Å². The Hall–Kier alpha value is -4.86. The van der Waals surface area contributed by atoms with E-state index >= 15 is 0 Å². The molecular formula is C27H24N4O6. The molecule has 0 bridgehead atoms. The van der Waals surface area contributed by atoms with Crippen molar-refractivity contribution in [2.45, 2.75) is 33.0 Å². The minimum Gasteiger partial charge on any atom is -0.457 e. The quantitative estimate of drug-likeness (QED) is 0.275. The lowest BCUT2D eigenvalue weighted by atomic mass is 9.80. The summed E-state index contributed by atoms with van der Waals surface area (Å²) in [7, 11) is 0. The fourth-order valence-electron chi connectivity index (χ4n) is 4.07. The molecule has 0 atom stereocenters. The number of pyridine rings is 2. The third kappa shape index (κ3) is 5.87. The maximum atomic E-state index is 13.4. The van der Waals surface area contributed by atoms with Gasteiger partial charge in [0.05, 0.1) is 22.0 Å². The second-order valence-corrected chi connectivity index (χ2v) is 8.35. The van der Waals surface area contributed by atoms with Crippen molar-refractivity contribution in [2.75, 3.05) is 0 Å². The Kier molecular flexibility index (Phi) is 7.68. The fourth-order valence-corrected chi connectivity index (χ4v) is 4.07. The summed E-state index contributed by atoms with van der Waals surface area (Å²) in [5.74, 6) is -2.12. The van der Waals surface area contributed by atoms with Gasteiger partial charge in [-0.3, -0.25) is 20.1 Å². The molecular weight excluding hydrogens is 476 g/mol. The summed E-state index contributed by atoms with van der Waals surface area (Å²) in [5.41, 5.74) is 3.34. The SMILES string of the molecule is CC1=C(C(=O)OCc2ccncc2)C(c2ccc([N+](=O)[O-])cc2)C(C(=O)OCc2ccncc2)=C(C)N1. The first-order chi connectivity index (χ1) is 17.8. The van der Waals surface area contributed by atoms with E-state index in [0.717, 1.165) is 11.1 Å². The number of nitrogens with one attached hydrogen (secondary N) is 1. The number of rotatable bonds is 8. The van der Waals surface area contributed by atoms with Crippen molar-refractivity contribution in [3.8, 4) is 0 Å². The van der Waals surface area contributed by atoms with Crippen LogP contribution in [0.25, 0.3) is 0 Å². The number of nitro groups is 1. The Morgan fingerprint density at radius 2 is 1.24 bits per heavy atom. The van der Waals surface area contributed by atoms with E-state index < -0.39 is 22.8 Å². The van der Waals surface area contributed by atoms with Crippen molar-refractivity contribution in [2.24, 2.45) is 0 Å². The molecule has 0 saturated heterocycles. The van der Waals surface area contributed by atoms with E-state index in [2.05, 4.69) is 15.3 Å². The molecule has 0 amide bonds. The van der Waals surface area contributed by atoms with E-state index in [0.29, 0.717) is 17.0 Å². The van der Waals surface area contributed by atoms with Crippen LogP contribution in [-0.2, 0) is 32.3 Å². The Balaban J connectivity index is 1.68. The molecule has 1 N–H and O–H groups in total. The zero-order chi connectivity index (χ0) is 26.4. The second-order valence-electron chi connectivity index (χ2n) is 8.35. The topological polar surface area (TPSA) is 134 Å². The maximum absolute atomic E-state index is 13.4. The maximum Gasteiger partial charge on any atom is 0.337 e. The zero-order valence-electron chi connectivity index (χ0n) is 20.2. The van der Waals surface area contributed by atoms with E-state index in [1.807, 2.05) is 0 Å². The van der Waals surface area contributed by atoms with Gasteiger partial charge in [-0.1, -0.05) is 12.1 Å². The van der Waals surface area contributed by atoms with Crippen LogP contribution in [0.4, 0.5) is 5.69 Å². The van der Waals surface area contributed by atoms with Crippen molar-refractivity contribution >= 4 is 17.6 Å². The zero-order valence-corrected chi connectivity index (χ0v) is 20.2. The summed E-state index contributed by atoms with van der Waals surface area (Å²) >= 11 is 0. The van der Waals surface area contributed by atoms with Crippen LogP contribution in [-0.4, -0.2) is 26.8 Å². The van der Waals surface area contributed by atoms with Gasteiger partial charge in [0.2, 0.25) is 0 Å². The Bertz CT molecular complexity index is 1290. The van der Waals surface area contributed by atoms with Gasteiger partial charge in [-0.05, 0) is 54.8 Å². The van der Waals surface area contributed by atoms with Gasteiger partial charge in [0.1, 0.15) is 13.2 Å². The average molecular weight is 501 g/mol. The first-order valence-electron chi connectivity index (χ1n) is 11.4. The highest BCUT2D eigenvalue weighted by atomic mass is 16.6. The smallest absolute Gasteiger partial charge is 0.337 e. The molecule has 1 aromatic carbocycles. The van der Waals surface area contributed by atoms with Gasteiger partial charge in [0, 0.05) is 48.3 Å². The van der Waals surface area contributed by atoms with Gasteiger partial charge in [0.15, 0.2) is 0 Å². The number of dihydropyridines is 1. The van der Waals surface area contributed by atoms with Gasteiger partial charge >= 0.3 is 11.9 Å². The summed E-state index contributed by atoms with van der Waals surface area (Å²) in [6.45, 7) is 3.44. The van der Waals surface area contributed by atoms with Crippen LogP contribution in [0, 0.1) is 10.1 Å². The summed E-state index contributed by atoms with van der Waals surface area (Å²) in [6.07, 6.45) is 6.38. The van der Waals surface area contributed by atoms with E-state index in [9.17, 15) is 19.7 Å². The average Bonchev–Trinajstić information content (AvgIpc) is 2.91. The number of carbonyl (C=O) groups excluding carboxylic acids is 2. The van der Waals surface area contributed by atoms with Crippen LogP contribution < -0.4 is 5.32 Å². The highest BCUT2D eigenvalue weighted by Gasteiger charge is 2.38. The predicted octanol–water partition coefficient (Wildman–Crippen LogP) is 4.11. The van der Waals surface area contributed by atoms with Gasteiger partial charge in [-0.2, -0.15) is 0 Å². The summed E-state index contributed by atoms with van der Waals surface area (Å²) in [6, 6.07) is 12.6. The van der Waals surface area contributed by atoms with Crippen LogP contribution in [0.1, 0.15) is 36.5 Å². The summed E-state index contributed by atoms with van der Waals surface area (Å²) in [5, 5.41) is 14.3. The number of nitro benzene ring substituents is 1. The number of ether oxygens (including phenoxy) is 2. The third-order valence-electron chi connectivity index (χ3n) is 5.88. The number of non-ortho nitro benzene ring substituents is 1. The standard InChI is InChI=1S/C27H24N4O6/c1-17-23(26(32)36-15-19-7-11-28-12-8-19)25(21-3-5-22(6-4-21)31(34)35)24(18(2)30-17)27(33)37-16-20-9-13-29-14-10-20/h3-14,25,30H,15-16H2,1-2H3. The Morgan fingerprint density at radius 1 is 0.811 bits per heavy atom. The number of esters is 2. The fraction of sp³-hybridized carbons (Fsp3) is 0.185. The van der Waals surface area contributed by atoms with E-state index in [4.69, 9.17) is 9.47 Å². The molecule has 0 spiro atoms.